The van der Waals surface area contributed by atoms with Crippen molar-refractivity contribution in [1.29, 1.82) is 0 Å². The first-order valence-corrected chi connectivity index (χ1v) is 9.63. The Balaban J connectivity index is 2.30. The Hall–Kier alpha value is 1.13. The van der Waals surface area contributed by atoms with Gasteiger partial charge in [0, 0.05) is 9.65 Å². The summed E-state index contributed by atoms with van der Waals surface area (Å²) in [6.45, 7) is 7.78. The van der Waals surface area contributed by atoms with Gasteiger partial charge in [-0.15, -0.1) is 11.6 Å². The molecular weight excluding hydrogens is 423 g/mol. The summed E-state index contributed by atoms with van der Waals surface area (Å²) in [5.74, 6) is 0. The second kappa shape index (κ2) is 5.59. The van der Waals surface area contributed by atoms with E-state index in [2.05, 4.69) is 31.9 Å². The molecule has 0 spiro atoms. The lowest BCUT2D eigenvalue weighted by atomic mass is 9.66. The number of aliphatic hydroxyl groups is 2. The Morgan fingerprint density at radius 1 is 1.10 bits per heavy atom. The van der Waals surface area contributed by atoms with Gasteiger partial charge in [0.1, 0.15) is 5.60 Å². The summed E-state index contributed by atoms with van der Waals surface area (Å²) in [4.78, 5) is -0.350. The molecule has 6 atom stereocenters. The maximum absolute atomic E-state index is 11.3. The third-order valence-corrected chi connectivity index (χ3v) is 8.94. The first-order valence-electron chi connectivity index (χ1n) is 7.42. The van der Waals surface area contributed by atoms with Crippen LogP contribution >= 0.6 is 43.5 Å². The van der Waals surface area contributed by atoms with Crippen LogP contribution in [0.25, 0.3) is 0 Å². The van der Waals surface area contributed by atoms with Crippen LogP contribution in [0.3, 0.4) is 0 Å². The summed E-state index contributed by atoms with van der Waals surface area (Å²) in [7, 11) is 0. The molecule has 2 fully saturated rings. The highest BCUT2D eigenvalue weighted by Crippen LogP contribution is 2.52. The molecule has 2 N–H and O–H groups in total. The fourth-order valence-corrected chi connectivity index (χ4v) is 4.84. The van der Waals surface area contributed by atoms with Crippen molar-refractivity contribution in [2.24, 2.45) is 0 Å². The summed E-state index contributed by atoms with van der Waals surface area (Å²) >= 11 is 13.7. The first kappa shape index (κ1) is 18.5. The summed E-state index contributed by atoms with van der Waals surface area (Å²) < 4.78 is 6.23. The van der Waals surface area contributed by atoms with Crippen molar-refractivity contribution < 1.29 is 14.9 Å². The molecule has 0 amide bonds. The van der Waals surface area contributed by atoms with Crippen LogP contribution in [0, 0.1) is 0 Å². The molecular formula is C15H25Br2ClO3. The van der Waals surface area contributed by atoms with Crippen LogP contribution in [0.5, 0.6) is 0 Å². The third-order valence-electron chi connectivity index (χ3n) is 5.42. The summed E-state index contributed by atoms with van der Waals surface area (Å²) in [6.07, 6.45) is 1.48. The molecule has 6 heteroatoms. The van der Waals surface area contributed by atoms with Gasteiger partial charge >= 0.3 is 0 Å². The molecule has 1 aliphatic heterocycles. The lowest BCUT2D eigenvalue weighted by molar-refractivity contribution is -0.289. The Morgan fingerprint density at radius 3 is 2.19 bits per heavy atom. The number of aliphatic hydroxyl groups excluding tert-OH is 1. The maximum atomic E-state index is 11.3. The average molecular weight is 449 g/mol. The zero-order valence-corrected chi connectivity index (χ0v) is 16.9. The monoisotopic (exact) mass is 446 g/mol. The Morgan fingerprint density at radius 2 is 1.67 bits per heavy atom. The van der Waals surface area contributed by atoms with Crippen LogP contribution in [0.2, 0.25) is 0 Å². The number of hydrogen-bond acceptors (Lipinski definition) is 3. The van der Waals surface area contributed by atoms with Gasteiger partial charge in [-0.25, -0.2) is 0 Å². The topological polar surface area (TPSA) is 49.7 Å². The second-order valence-corrected chi connectivity index (χ2v) is 10.6. The largest absolute Gasteiger partial charge is 0.390 e. The van der Waals surface area contributed by atoms with Crippen LogP contribution < -0.4 is 0 Å². The molecule has 2 aliphatic rings. The van der Waals surface area contributed by atoms with Crippen molar-refractivity contribution in [1.82, 2.24) is 0 Å². The van der Waals surface area contributed by atoms with E-state index in [4.69, 9.17) is 16.3 Å². The fourth-order valence-electron chi connectivity index (χ4n) is 3.46. The molecule has 0 unspecified atom stereocenters. The van der Waals surface area contributed by atoms with E-state index in [9.17, 15) is 10.2 Å². The molecule has 0 aromatic rings. The Kier molecular flexibility index (Phi) is 4.92. The van der Waals surface area contributed by atoms with Gasteiger partial charge in [-0.05, 0) is 53.4 Å². The predicted molar refractivity (Wildman–Crippen MR) is 92.7 cm³/mol. The van der Waals surface area contributed by atoms with Gasteiger partial charge in [0.15, 0.2) is 0 Å². The molecule has 1 aliphatic carbocycles. The minimum absolute atomic E-state index is 0.0251. The lowest BCUT2D eigenvalue weighted by Gasteiger charge is -2.58. The van der Waals surface area contributed by atoms with Gasteiger partial charge < -0.3 is 14.9 Å². The lowest BCUT2D eigenvalue weighted by Crippen LogP contribution is -2.70. The smallest absolute Gasteiger partial charge is 0.120 e. The van der Waals surface area contributed by atoms with Crippen LogP contribution in [0.4, 0.5) is 0 Å². The van der Waals surface area contributed by atoms with Crippen molar-refractivity contribution in [3.63, 3.8) is 0 Å². The van der Waals surface area contributed by atoms with Crippen LogP contribution in [0.15, 0.2) is 0 Å². The molecule has 1 heterocycles. The van der Waals surface area contributed by atoms with Gasteiger partial charge in [-0.1, -0.05) is 31.9 Å². The molecule has 21 heavy (non-hydrogen) atoms. The standard InChI is InChI=1S/C15H25Br2ClO3/c1-12(2)9(16)7-11(19)14(4,21-12)15(20)6-5-13(3,18)10(17)8-15/h9-11,19-20H,5-8H2,1-4H3/t9-,10+,11-,13+,14+,15-/m1/s1. The van der Waals surface area contributed by atoms with Crippen molar-refractivity contribution >= 4 is 43.5 Å². The van der Waals surface area contributed by atoms with Crippen molar-refractivity contribution in [2.75, 3.05) is 0 Å². The van der Waals surface area contributed by atoms with E-state index in [0.717, 1.165) is 0 Å². The van der Waals surface area contributed by atoms with E-state index in [0.29, 0.717) is 25.7 Å². The van der Waals surface area contributed by atoms with Crippen LogP contribution in [-0.4, -0.2) is 47.6 Å². The molecule has 0 aromatic heterocycles. The Labute approximate surface area is 149 Å². The average Bonchev–Trinajstić information content (AvgIpc) is 2.32. The van der Waals surface area contributed by atoms with Gasteiger partial charge in [-0.3, -0.25) is 0 Å². The van der Waals surface area contributed by atoms with Crippen LogP contribution in [-0.2, 0) is 4.74 Å². The minimum Gasteiger partial charge on any atom is -0.390 e. The number of alkyl halides is 3. The number of ether oxygens (including phenoxy) is 1. The quantitative estimate of drug-likeness (QED) is 0.601. The van der Waals surface area contributed by atoms with E-state index >= 15 is 0 Å². The third kappa shape index (κ3) is 3.08. The van der Waals surface area contributed by atoms with Crippen molar-refractivity contribution in [3.8, 4) is 0 Å². The predicted octanol–water partition coefficient (Wildman–Crippen LogP) is 3.74. The Bertz CT molecular complexity index is 418. The molecule has 1 saturated heterocycles. The van der Waals surface area contributed by atoms with E-state index in [1.807, 2.05) is 27.7 Å². The fraction of sp³-hybridized carbons (Fsp3) is 1.00. The maximum Gasteiger partial charge on any atom is 0.120 e. The van der Waals surface area contributed by atoms with E-state index in [1.54, 1.807) is 0 Å². The molecule has 124 valence electrons. The van der Waals surface area contributed by atoms with Gasteiger partial charge in [-0.2, -0.15) is 0 Å². The highest BCUT2D eigenvalue weighted by Gasteiger charge is 2.61. The minimum atomic E-state index is -1.10. The van der Waals surface area contributed by atoms with E-state index in [1.165, 1.54) is 0 Å². The van der Waals surface area contributed by atoms with E-state index < -0.39 is 22.9 Å². The SMILES string of the molecule is CC1(C)O[C@](C)([C@@]2(O)CC[C@](C)(Cl)[C@@H](Br)C2)[C@H](O)C[C@H]1Br. The summed E-state index contributed by atoms with van der Waals surface area (Å²) in [5, 5.41) is 21.9. The molecule has 3 nitrogen and oxygen atoms in total. The van der Waals surface area contributed by atoms with E-state index in [-0.39, 0.29) is 14.5 Å². The molecule has 0 aromatic carbocycles. The number of hydrogen-bond donors (Lipinski definition) is 2. The molecule has 0 bridgehead atoms. The van der Waals surface area contributed by atoms with Crippen molar-refractivity contribution in [2.45, 2.75) is 90.8 Å². The first-order chi connectivity index (χ1) is 9.34. The highest BCUT2D eigenvalue weighted by molar-refractivity contribution is 9.09. The zero-order chi connectivity index (χ0) is 16.3. The summed E-state index contributed by atoms with van der Waals surface area (Å²) in [6, 6.07) is 0. The molecule has 0 radical (unpaired) electrons. The van der Waals surface area contributed by atoms with Gasteiger partial charge in [0.05, 0.1) is 22.2 Å². The van der Waals surface area contributed by atoms with Gasteiger partial charge in [0.25, 0.3) is 0 Å². The summed E-state index contributed by atoms with van der Waals surface area (Å²) in [5.41, 5.74) is -2.55. The number of rotatable bonds is 1. The normalized spacial score (nSPS) is 54.4. The van der Waals surface area contributed by atoms with Gasteiger partial charge in [0.2, 0.25) is 0 Å². The molecule has 1 saturated carbocycles. The second-order valence-electron chi connectivity index (χ2n) is 7.51. The highest BCUT2D eigenvalue weighted by atomic mass is 79.9. The molecule has 2 rings (SSSR count). The van der Waals surface area contributed by atoms with Crippen molar-refractivity contribution in [3.05, 3.63) is 0 Å². The van der Waals surface area contributed by atoms with Crippen LogP contribution in [0.1, 0.15) is 53.4 Å². The zero-order valence-electron chi connectivity index (χ0n) is 13.0. The number of halogens is 3.